The van der Waals surface area contributed by atoms with Crippen molar-refractivity contribution < 1.29 is 9.47 Å². The molecule has 2 rings (SSSR count). The van der Waals surface area contributed by atoms with Crippen LogP contribution in [-0.2, 0) is 0 Å². The minimum Gasteiger partial charge on any atom is -0.494 e. The van der Waals surface area contributed by atoms with Gasteiger partial charge in [-0.1, -0.05) is 17.7 Å². The summed E-state index contributed by atoms with van der Waals surface area (Å²) in [5.74, 6) is 1.71. The third kappa shape index (κ3) is 6.08. The van der Waals surface area contributed by atoms with Gasteiger partial charge in [0, 0.05) is 5.69 Å². The zero-order valence-corrected chi connectivity index (χ0v) is 15.2. The first-order valence-corrected chi connectivity index (χ1v) is 8.47. The zero-order valence-electron chi connectivity index (χ0n) is 14.3. The number of rotatable bonds is 7. The minimum atomic E-state index is 0.0917. The number of hydrogen-bond acceptors (Lipinski definition) is 3. The lowest BCUT2D eigenvalue weighted by molar-refractivity contribution is 0.287. The van der Waals surface area contributed by atoms with Crippen LogP contribution in [0.3, 0.4) is 0 Å². The molecule has 5 heteroatoms. The predicted octanol–water partition coefficient (Wildman–Crippen LogP) is 4.15. The van der Waals surface area contributed by atoms with E-state index in [1.165, 1.54) is 5.56 Å². The maximum Gasteiger partial charge on any atom is 0.171 e. The molecular formula is C19H24N2O2S. The van der Waals surface area contributed by atoms with Gasteiger partial charge in [0.05, 0.1) is 12.6 Å². The first-order chi connectivity index (χ1) is 11.6. The van der Waals surface area contributed by atoms with Gasteiger partial charge in [0.1, 0.15) is 18.1 Å². The quantitative estimate of drug-likeness (QED) is 0.739. The van der Waals surface area contributed by atoms with E-state index in [1.807, 2.05) is 62.4 Å². The monoisotopic (exact) mass is 344 g/mol. The van der Waals surface area contributed by atoms with Gasteiger partial charge in [0.2, 0.25) is 0 Å². The Morgan fingerprint density at radius 1 is 1.00 bits per heavy atom. The van der Waals surface area contributed by atoms with E-state index in [0.29, 0.717) is 18.3 Å². The number of aryl methyl sites for hydroxylation is 1. The van der Waals surface area contributed by atoms with Crippen LogP contribution >= 0.6 is 12.2 Å². The molecule has 0 heterocycles. The second-order valence-corrected chi connectivity index (χ2v) is 5.99. The lowest BCUT2D eigenvalue weighted by atomic mass is 10.2. The van der Waals surface area contributed by atoms with E-state index in [1.54, 1.807) is 0 Å². The van der Waals surface area contributed by atoms with E-state index < -0.39 is 0 Å². The lowest BCUT2D eigenvalue weighted by Gasteiger charge is -2.18. The van der Waals surface area contributed by atoms with Gasteiger partial charge in [-0.3, -0.25) is 0 Å². The van der Waals surface area contributed by atoms with Crippen molar-refractivity contribution in [2.75, 3.05) is 18.5 Å². The lowest BCUT2D eigenvalue weighted by Crippen LogP contribution is -2.39. The number of thiocarbonyl (C=S) groups is 1. The molecule has 0 radical (unpaired) electrons. The summed E-state index contributed by atoms with van der Waals surface area (Å²) >= 11 is 5.34. The molecule has 0 unspecified atom stereocenters. The van der Waals surface area contributed by atoms with Crippen LogP contribution in [0.5, 0.6) is 11.5 Å². The molecule has 0 aliphatic rings. The van der Waals surface area contributed by atoms with Gasteiger partial charge in [-0.2, -0.15) is 0 Å². The van der Waals surface area contributed by atoms with Crippen LogP contribution in [0, 0.1) is 6.92 Å². The summed E-state index contributed by atoms with van der Waals surface area (Å²) in [5, 5.41) is 6.94. The molecule has 2 aromatic carbocycles. The fourth-order valence-electron chi connectivity index (χ4n) is 2.09. The smallest absolute Gasteiger partial charge is 0.171 e. The summed E-state index contributed by atoms with van der Waals surface area (Å²) in [6.07, 6.45) is 0. The summed E-state index contributed by atoms with van der Waals surface area (Å²) in [5.41, 5.74) is 2.14. The highest BCUT2D eigenvalue weighted by Gasteiger charge is 2.06. The standard InChI is InChI=1S/C19H24N2O2S/c1-4-22-17-11-7-16(8-12-17)21-19(24)20-15(3)13-23-18-9-5-14(2)6-10-18/h5-12,15H,4,13H2,1-3H3,(H2,20,21,24)/t15-/m1/s1. The molecule has 4 nitrogen and oxygen atoms in total. The van der Waals surface area contributed by atoms with Gasteiger partial charge in [0.25, 0.3) is 0 Å². The first kappa shape index (κ1) is 18.1. The van der Waals surface area contributed by atoms with Gasteiger partial charge in [-0.25, -0.2) is 0 Å². The number of anilines is 1. The van der Waals surface area contributed by atoms with Crippen LogP contribution in [0.1, 0.15) is 19.4 Å². The van der Waals surface area contributed by atoms with Crippen LogP contribution in [0.15, 0.2) is 48.5 Å². The Kier molecular flexibility index (Phi) is 6.88. The highest BCUT2D eigenvalue weighted by Crippen LogP contribution is 2.15. The zero-order chi connectivity index (χ0) is 17.4. The van der Waals surface area contributed by atoms with E-state index in [4.69, 9.17) is 21.7 Å². The first-order valence-electron chi connectivity index (χ1n) is 8.06. The summed E-state index contributed by atoms with van der Waals surface area (Å²) in [6, 6.07) is 15.8. The maximum atomic E-state index is 5.75. The van der Waals surface area contributed by atoms with Gasteiger partial charge in [-0.15, -0.1) is 0 Å². The van der Waals surface area contributed by atoms with Crippen LogP contribution < -0.4 is 20.1 Å². The summed E-state index contributed by atoms with van der Waals surface area (Å²) in [4.78, 5) is 0. The Balaban J connectivity index is 1.75. The molecule has 2 N–H and O–H groups in total. The molecule has 0 saturated heterocycles. The van der Waals surface area contributed by atoms with E-state index in [0.717, 1.165) is 17.2 Å². The number of hydrogen-bond donors (Lipinski definition) is 2. The molecule has 0 aromatic heterocycles. The van der Waals surface area contributed by atoms with Crippen molar-refractivity contribution in [1.29, 1.82) is 0 Å². The largest absolute Gasteiger partial charge is 0.494 e. The van der Waals surface area contributed by atoms with Crippen LogP contribution in [0.4, 0.5) is 5.69 Å². The molecule has 1 atom stereocenters. The second kappa shape index (κ2) is 9.13. The Hall–Kier alpha value is -2.27. The second-order valence-electron chi connectivity index (χ2n) is 5.58. The van der Waals surface area contributed by atoms with E-state index in [2.05, 4.69) is 17.6 Å². The molecule has 0 bridgehead atoms. The van der Waals surface area contributed by atoms with Crippen molar-refractivity contribution in [3.63, 3.8) is 0 Å². The van der Waals surface area contributed by atoms with Crippen LogP contribution in [-0.4, -0.2) is 24.4 Å². The van der Waals surface area contributed by atoms with Crippen molar-refractivity contribution in [3.05, 3.63) is 54.1 Å². The summed E-state index contributed by atoms with van der Waals surface area (Å²) < 4.78 is 11.2. The molecule has 2 aromatic rings. The van der Waals surface area contributed by atoms with E-state index in [9.17, 15) is 0 Å². The van der Waals surface area contributed by atoms with Crippen molar-refractivity contribution in [2.45, 2.75) is 26.8 Å². The van der Waals surface area contributed by atoms with E-state index >= 15 is 0 Å². The van der Waals surface area contributed by atoms with Crippen molar-refractivity contribution >= 4 is 23.0 Å². The highest BCUT2D eigenvalue weighted by atomic mass is 32.1. The number of benzene rings is 2. The van der Waals surface area contributed by atoms with Gasteiger partial charge in [-0.05, 0) is 69.4 Å². The van der Waals surface area contributed by atoms with Crippen molar-refractivity contribution in [3.8, 4) is 11.5 Å². The fraction of sp³-hybridized carbons (Fsp3) is 0.316. The van der Waals surface area contributed by atoms with Gasteiger partial charge < -0.3 is 20.1 Å². The average molecular weight is 344 g/mol. The average Bonchev–Trinajstić information content (AvgIpc) is 2.56. The van der Waals surface area contributed by atoms with E-state index in [-0.39, 0.29) is 6.04 Å². The number of ether oxygens (including phenoxy) is 2. The van der Waals surface area contributed by atoms with Crippen LogP contribution in [0.25, 0.3) is 0 Å². The summed E-state index contributed by atoms with van der Waals surface area (Å²) in [7, 11) is 0. The molecule has 0 saturated carbocycles. The SMILES string of the molecule is CCOc1ccc(NC(=S)N[C@H](C)COc2ccc(C)cc2)cc1. The Bertz CT molecular complexity index is 641. The molecule has 0 aliphatic carbocycles. The molecule has 0 amide bonds. The topological polar surface area (TPSA) is 42.5 Å². The minimum absolute atomic E-state index is 0.0917. The van der Waals surface area contributed by atoms with Crippen molar-refractivity contribution in [1.82, 2.24) is 5.32 Å². The van der Waals surface area contributed by atoms with Gasteiger partial charge in [0.15, 0.2) is 5.11 Å². The van der Waals surface area contributed by atoms with Crippen LogP contribution in [0.2, 0.25) is 0 Å². The predicted molar refractivity (Wildman–Crippen MR) is 103 cm³/mol. The fourth-order valence-corrected chi connectivity index (χ4v) is 2.41. The third-order valence-electron chi connectivity index (χ3n) is 3.32. The van der Waals surface area contributed by atoms with Crippen molar-refractivity contribution in [2.24, 2.45) is 0 Å². The molecule has 0 fully saturated rings. The van der Waals surface area contributed by atoms with Gasteiger partial charge >= 0.3 is 0 Å². The highest BCUT2D eigenvalue weighted by molar-refractivity contribution is 7.80. The molecule has 0 spiro atoms. The third-order valence-corrected chi connectivity index (χ3v) is 3.54. The Morgan fingerprint density at radius 3 is 2.21 bits per heavy atom. The normalized spacial score (nSPS) is 11.5. The molecule has 128 valence electrons. The summed E-state index contributed by atoms with van der Waals surface area (Å²) in [6.45, 7) is 7.24. The molecule has 24 heavy (non-hydrogen) atoms. The molecular weight excluding hydrogens is 320 g/mol. The number of nitrogens with one attached hydrogen (secondary N) is 2. The molecule has 0 aliphatic heterocycles. The maximum absolute atomic E-state index is 5.75. The Labute approximate surface area is 149 Å². The Morgan fingerprint density at radius 2 is 1.58 bits per heavy atom.